The van der Waals surface area contributed by atoms with E-state index in [1.54, 1.807) is 37.3 Å². The first-order chi connectivity index (χ1) is 14.1. The van der Waals surface area contributed by atoms with Crippen LogP contribution < -0.4 is 9.46 Å². The van der Waals surface area contributed by atoms with Crippen molar-refractivity contribution >= 4 is 33.1 Å². The number of hydrogen-bond donors (Lipinski definition) is 2. The zero-order chi connectivity index (χ0) is 22.1. The molecule has 3 aromatic rings. The predicted molar refractivity (Wildman–Crippen MR) is 115 cm³/mol. The van der Waals surface area contributed by atoms with Crippen molar-refractivity contribution in [3.05, 3.63) is 81.9 Å². The van der Waals surface area contributed by atoms with Crippen LogP contribution in [0.3, 0.4) is 0 Å². The molecule has 9 heteroatoms. The summed E-state index contributed by atoms with van der Waals surface area (Å²) in [4.78, 5) is 15.8. The Morgan fingerprint density at radius 2 is 1.90 bits per heavy atom. The van der Waals surface area contributed by atoms with Gasteiger partial charge < -0.3 is 9.72 Å². The van der Waals surface area contributed by atoms with E-state index in [9.17, 15) is 17.6 Å². The molecule has 30 heavy (non-hydrogen) atoms. The predicted octanol–water partition coefficient (Wildman–Crippen LogP) is 4.57. The van der Waals surface area contributed by atoms with Crippen molar-refractivity contribution in [1.29, 1.82) is 0 Å². The van der Waals surface area contributed by atoms with Crippen LogP contribution in [0.2, 0.25) is 5.02 Å². The third-order valence-corrected chi connectivity index (χ3v) is 5.53. The Bertz CT molecular complexity index is 1210. The smallest absolute Gasteiger partial charge is 0.229 e. The number of aromatic amines is 1. The first-order valence-corrected chi connectivity index (χ1v) is 11.2. The number of ketones is 1. The fourth-order valence-electron chi connectivity index (χ4n) is 3.07. The van der Waals surface area contributed by atoms with Gasteiger partial charge in [-0.05, 0) is 48.0 Å². The molecule has 1 atom stereocenters. The number of rotatable bonds is 7. The number of H-pyrrole nitrogens is 1. The van der Waals surface area contributed by atoms with E-state index >= 15 is 0 Å². The average Bonchev–Trinajstić information content (AvgIpc) is 3.16. The maximum atomic E-state index is 14.6. The molecule has 3 rings (SSSR count). The molecule has 1 unspecified atom stereocenters. The standard InChI is InChI=1S/C21H20ClFN2O4S/c1-12(15-6-4-13(10-18(15)23)25-30(3,27)28)19-8-9-20(24-19)21(26)16-7-5-14(29-2)11-17(16)22/h4-12,24-25H,1-3H3. The summed E-state index contributed by atoms with van der Waals surface area (Å²) >= 11 is 6.19. The van der Waals surface area contributed by atoms with Crippen LogP contribution in [-0.2, 0) is 10.0 Å². The van der Waals surface area contributed by atoms with Crippen molar-refractivity contribution in [1.82, 2.24) is 4.98 Å². The molecule has 2 aromatic carbocycles. The molecule has 0 radical (unpaired) electrons. The number of halogens is 2. The van der Waals surface area contributed by atoms with Crippen molar-refractivity contribution < 1.29 is 22.3 Å². The van der Waals surface area contributed by atoms with Crippen molar-refractivity contribution in [2.75, 3.05) is 18.1 Å². The molecule has 0 aliphatic heterocycles. The van der Waals surface area contributed by atoms with Gasteiger partial charge in [0.15, 0.2) is 0 Å². The van der Waals surface area contributed by atoms with Gasteiger partial charge in [-0.15, -0.1) is 0 Å². The Kier molecular flexibility index (Phi) is 6.19. The number of sulfonamides is 1. The minimum Gasteiger partial charge on any atom is -0.497 e. The van der Waals surface area contributed by atoms with Crippen LogP contribution in [0.1, 0.15) is 40.2 Å². The highest BCUT2D eigenvalue weighted by Crippen LogP contribution is 2.29. The fourth-order valence-corrected chi connectivity index (χ4v) is 3.88. The Balaban J connectivity index is 1.84. The summed E-state index contributed by atoms with van der Waals surface area (Å²) in [6.07, 6.45) is 0.994. The van der Waals surface area contributed by atoms with Gasteiger partial charge in [0.05, 0.1) is 29.8 Å². The molecule has 2 N–H and O–H groups in total. The zero-order valence-corrected chi connectivity index (χ0v) is 18.1. The van der Waals surface area contributed by atoms with Gasteiger partial charge in [-0.1, -0.05) is 24.6 Å². The van der Waals surface area contributed by atoms with E-state index in [-0.39, 0.29) is 16.5 Å². The molecule has 0 amide bonds. The number of methoxy groups -OCH3 is 1. The number of carbonyl (C=O) groups excluding carboxylic acids is 1. The maximum Gasteiger partial charge on any atom is 0.229 e. The van der Waals surface area contributed by atoms with E-state index in [4.69, 9.17) is 16.3 Å². The van der Waals surface area contributed by atoms with Crippen LogP contribution in [0.4, 0.5) is 10.1 Å². The van der Waals surface area contributed by atoms with Gasteiger partial charge in [0.25, 0.3) is 0 Å². The number of benzene rings is 2. The first-order valence-electron chi connectivity index (χ1n) is 8.93. The molecular weight excluding hydrogens is 431 g/mol. The van der Waals surface area contributed by atoms with Gasteiger partial charge in [0, 0.05) is 17.2 Å². The lowest BCUT2D eigenvalue weighted by atomic mass is 9.97. The third-order valence-electron chi connectivity index (χ3n) is 4.61. The topological polar surface area (TPSA) is 88.3 Å². The van der Waals surface area contributed by atoms with E-state index in [1.807, 2.05) is 0 Å². The SMILES string of the molecule is COc1ccc(C(=O)c2ccc(C(C)c3ccc(NS(C)(=O)=O)cc3F)[nH]2)c(Cl)c1. The average molecular weight is 451 g/mol. The van der Waals surface area contributed by atoms with E-state index in [2.05, 4.69) is 9.71 Å². The lowest BCUT2D eigenvalue weighted by Crippen LogP contribution is -2.10. The summed E-state index contributed by atoms with van der Waals surface area (Å²) in [6, 6.07) is 12.2. The van der Waals surface area contributed by atoms with Crippen molar-refractivity contribution in [2.24, 2.45) is 0 Å². The quantitative estimate of drug-likeness (QED) is 0.516. The summed E-state index contributed by atoms with van der Waals surface area (Å²) < 4.78 is 44.5. The Morgan fingerprint density at radius 3 is 2.50 bits per heavy atom. The van der Waals surface area contributed by atoms with E-state index in [0.717, 1.165) is 12.3 Å². The van der Waals surface area contributed by atoms with Gasteiger partial charge in [-0.2, -0.15) is 0 Å². The van der Waals surface area contributed by atoms with Crippen LogP contribution in [-0.4, -0.2) is 32.6 Å². The first kappa shape index (κ1) is 21.9. The number of nitrogens with one attached hydrogen (secondary N) is 2. The van der Waals surface area contributed by atoms with Gasteiger partial charge in [-0.3, -0.25) is 9.52 Å². The lowest BCUT2D eigenvalue weighted by Gasteiger charge is -2.13. The van der Waals surface area contributed by atoms with Gasteiger partial charge in [0.1, 0.15) is 11.6 Å². The molecule has 1 heterocycles. The summed E-state index contributed by atoms with van der Waals surface area (Å²) in [5.74, 6) is -0.710. The van der Waals surface area contributed by atoms with Crippen molar-refractivity contribution in [3.63, 3.8) is 0 Å². The molecule has 158 valence electrons. The molecule has 0 aliphatic carbocycles. The molecule has 0 spiro atoms. The monoisotopic (exact) mass is 450 g/mol. The second-order valence-electron chi connectivity index (χ2n) is 6.83. The Labute approximate surface area is 179 Å². The van der Waals surface area contributed by atoms with Gasteiger partial charge in [0.2, 0.25) is 15.8 Å². The highest BCUT2D eigenvalue weighted by Gasteiger charge is 2.20. The molecule has 0 saturated carbocycles. The lowest BCUT2D eigenvalue weighted by molar-refractivity contribution is 0.103. The molecule has 6 nitrogen and oxygen atoms in total. The highest BCUT2D eigenvalue weighted by molar-refractivity contribution is 7.92. The largest absolute Gasteiger partial charge is 0.497 e. The number of aromatic nitrogens is 1. The molecule has 0 saturated heterocycles. The van der Waals surface area contributed by atoms with Gasteiger partial charge in [-0.25, -0.2) is 12.8 Å². The zero-order valence-electron chi connectivity index (χ0n) is 16.5. The normalized spacial score (nSPS) is 12.4. The summed E-state index contributed by atoms with van der Waals surface area (Å²) in [5.41, 5.74) is 1.77. The summed E-state index contributed by atoms with van der Waals surface area (Å²) in [6.45, 7) is 1.78. The molecular formula is C21H20ClFN2O4S. The van der Waals surface area contributed by atoms with Crippen LogP contribution >= 0.6 is 11.6 Å². The van der Waals surface area contributed by atoms with E-state index in [1.165, 1.54) is 19.2 Å². The van der Waals surface area contributed by atoms with Crippen molar-refractivity contribution in [2.45, 2.75) is 12.8 Å². The second-order valence-corrected chi connectivity index (χ2v) is 8.99. The molecule has 0 bridgehead atoms. The number of ether oxygens (including phenoxy) is 1. The number of carbonyl (C=O) groups is 1. The number of anilines is 1. The number of hydrogen-bond acceptors (Lipinski definition) is 4. The van der Waals surface area contributed by atoms with Crippen LogP contribution in [0.5, 0.6) is 5.75 Å². The summed E-state index contributed by atoms with van der Waals surface area (Å²) in [5, 5.41) is 0.267. The second kappa shape index (κ2) is 8.49. The fraction of sp³-hybridized carbons (Fsp3) is 0.190. The highest BCUT2D eigenvalue weighted by atomic mass is 35.5. The third kappa shape index (κ3) is 4.83. The van der Waals surface area contributed by atoms with Crippen LogP contribution in [0.25, 0.3) is 0 Å². The van der Waals surface area contributed by atoms with Crippen molar-refractivity contribution in [3.8, 4) is 5.75 Å². The maximum absolute atomic E-state index is 14.6. The summed E-state index contributed by atoms with van der Waals surface area (Å²) in [7, 11) is -1.99. The molecule has 0 aliphatic rings. The van der Waals surface area contributed by atoms with E-state index in [0.29, 0.717) is 28.3 Å². The van der Waals surface area contributed by atoms with E-state index < -0.39 is 21.8 Å². The Hall–Kier alpha value is -2.84. The van der Waals surface area contributed by atoms with Crippen LogP contribution in [0, 0.1) is 5.82 Å². The molecule has 0 fully saturated rings. The molecule has 1 aromatic heterocycles. The minimum absolute atomic E-state index is 0.141. The van der Waals surface area contributed by atoms with Crippen LogP contribution in [0.15, 0.2) is 48.5 Å². The minimum atomic E-state index is -3.50. The Morgan fingerprint density at radius 1 is 1.17 bits per heavy atom. The van der Waals surface area contributed by atoms with Gasteiger partial charge >= 0.3 is 0 Å².